The fourth-order valence-electron chi connectivity index (χ4n) is 2.32. The number of carboxylic acids is 1. The molecule has 20 heavy (non-hydrogen) atoms. The molecular weight excluding hydrogens is 272 g/mol. The van der Waals surface area contributed by atoms with Gasteiger partial charge in [-0.3, -0.25) is 0 Å². The Kier molecular flexibility index (Phi) is 3.17. The highest BCUT2D eigenvalue weighted by atomic mass is 35.5. The highest BCUT2D eigenvalue weighted by Crippen LogP contribution is 2.29. The quantitative estimate of drug-likeness (QED) is 0.729. The summed E-state index contributed by atoms with van der Waals surface area (Å²) in [5.41, 5.74) is 2.06. The molecule has 0 amide bonds. The second-order valence-corrected chi connectivity index (χ2v) is 5.00. The molecule has 0 fully saturated rings. The summed E-state index contributed by atoms with van der Waals surface area (Å²) < 4.78 is 0. The molecule has 0 aliphatic heterocycles. The molecule has 0 aliphatic rings. The Labute approximate surface area is 121 Å². The Balaban J connectivity index is 2.30. The Morgan fingerprint density at radius 1 is 0.900 bits per heavy atom. The molecule has 3 aromatic carbocycles. The third-order valence-electron chi connectivity index (χ3n) is 3.25. The van der Waals surface area contributed by atoms with Gasteiger partial charge in [-0.15, -0.1) is 0 Å². The molecule has 0 aliphatic carbocycles. The molecule has 0 spiro atoms. The second kappa shape index (κ2) is 4.99. The lowest BCUT2D eigenvalue weighted by atomic mass is 9.97. The van der Waals surface area contributed by atoms with Gasteiger partial charge in [0.2, 0.25) is 0 Å². The number of aromatic carboxylic acids is 1. The van der Waals surface area contributed by atoms with Crippen LogP contribution in [0.25, 0.3) is 21.9 Å². The molecule has 0 atom stereocenters. The molecular formula is C17H11ClO2. The van der Waals surface area contributed by atoms with Gasteiger partial charge >= 0.3 is 5.97 Å². The van der Waals surface area contributed by atoms with Gasteiger partial charge in [0.25, 0.3) is 0 Å². The Hall–Kier alpha value is -2.32. The van der Waals surface area contributed by atoms with Crippen LogP contribution in [0.5, 0.6) is 0 Å². The standard InChI is InChI=1S/C17H11ClO2/c18-14-6-3-5-11(9-14)13-8-12-4-1-2-7-15(12)16(10-13)17(19)20/h1-10H,(H,19,20). The van der Waals surface area contributed by atoms with E-state index in [1.807, 2.05) is 48.5 Å². The minimum atomic E-state index is -0.926. The summed E-state index contributed by atoms with van der Waals surface area (Å²) in [7, 11) is 0. The fourth-order valence-corrected chi connectivity index (χ4v) is 2.51. The molecule has 0 radical (unpaired) electrons. The van der Waals surface area contributed by atoms with E-state index >= 15 is 0 Å². The minimum Gasteiger partial charge on any atom is -0.478 e. The van der Waals surface area contributed by atoms with Crippen molar-refractivity contribution in [3.63, 3.8) is 0 Å². The van der Waals surface area contributed by atoms with Crippen LogP contribution < -0.4 is 0 Å². The van der Waals surface area contributed by atoms with E-state index in [0.717, 1.165) is 21.9 Å². The number of fused-ring (bicyclic) bond motifs is 1. The molecule has 0 bridgehead atoms. The molecule has 1 N–H and O–H groups in total. The second-order valence-electron chi connectivity index (χ2n) is 4.56. The highest BCUT2D eigenvalue weighted by molar-refractivity contribution is 6.30. The molecule has 0 saturated carbocycles. The average molecular weight is 283 g/mol. The number of rotatable bonds is 2. The van der Waals surface area contributed by atoms with Gasteiger partial charge in [0.15, 0.2) is 0 Å². The van der Waals surface area contributed by atoms with Crippen LogP contribution in [0, 0.1) is 0 Å². The number of benzene rings is 3. The van der Waals surface area contributed by atoms with Crippen molar-refractivity contribution in [1.29, 1.82) is 0 Å². The number of carbonyl (C=O) groups is 1. The smallest absolute Gasteiger partial charge is 0.336 e. The maximum atomic E-state index is 11.4. The zero-order valence-electron chi connectivity index (χ0n) is 10.5. The van der Waals surface area contributed by atoms with Crippen LogP contribution in [0.15, 0.2) is 60.7 Å². The first-order valence-corrected chi connectivity index (χ1v) is 6.55. The normalized spacial score (nSPS) is 10.7. The first kappa shape index (κ1) is 12.7. The van der Waals surface area contributed by atoms with Gasteiger partial charge < -0.3 is 5.11 Å². The van der Waals surface area contributed by atoms with Crippen molar-refractivity contribution < 1.29 is 9.90 Å². The Morgan fingerprint density at radius 2 is 1.70 bits per heavy atom. The predicted molar refractivity (Wildman–Crippen MR) is 81.4 cm³/mol. The summed E-state index contributed by atoms with van der Waals surface area (Å²) in [6, 6.07) is 18.5. The van der Waals surface area contributed by atoms with Crippen molar-refractivity contribution in [2.45, 2.75) is 0 Å². The minimum absolute atomic E-state index is 0.304. The lowest BCUT2D eigenvalue weighted by molar-refractivity contribution is 0.0699. The molecule has 3 aromatic rings. The monoisotopic (exact) mass is 282 g/mol. The van der Waals surface area contributed by atoms with Crippen LogP contribution in [-0.2, 0) is 0 Å². The zero-order valence-corrected chi connectivity index (χ0v) is 11.3. The van der Waals surface area contributed by atoms with Gasteiger partial charge in [0.05, 0.1) is 5.56 Å². The maximum Gasteiger partial charge on any atom is 0.336 e. The molecule has 0 saturated heterocycles. The van der Waals surface area contributed by atoms with Gasteiger partial charge in [-0.1, -0.05) is 48.0 Å². The lowest BCUT2D eigenvalue weighted by Gasteiger charge is -2.08. The third-order valence-corrected chi connectivity index (χ3v) is 3.49. The number of carboxylic acid groups (broad SMARTS) is 1. The highest BCUT2D eigenvalue weighted by Gasteiger charge is 2.11. The largest absolute Gasteiger partial charge is 0.478 e. The van der Waals surface area contributed by atoms with Crippen LogP contribution in [0.1, 0.15) is 10.4 Å². The van der Waals surface area contributed by atoms with E-state index in [1.54, 1.807) is 12.1 Å². The summed E-state index contributed by atoms with van der Waals surface area (Å²) in [6.07, 6.45) is 0. The van der Waals surface area contributed by atoms with E-state index in [4.69, 9.17) is 11.6 Å². The molecule has 3 heteroatoms. The molecule has 3 rings (SSSR count). The first-order chi connectivity index (χ1) is 9.65. The lowest BCUT2D eigenvalue weighted by Crippen LogP contribution is -1.98. The van der Waals surface area contributed by atoms with Crippen molar-refractivity contribution >= 4 is 28.3 Å². The van der Waals surface area contributed by atoms with Crippen molar-refractivity contribution in [2.24, 2.45) is 0 Å². The van der Waals surface area contributed by atoms with Crippen LogP contribution >= 0.6 is 11.6 Å². The summed E-state index contributed by atoms with van der Waals surface area (Å²) in [5, 5.41) is 11.7. The molecule has 0 heterocycles. The van der Waals surface area contributed by atoms with E-state index in [0.29, 0.717) is 10.6 Å². The van der Waals surface area contributed by atoms with Crippen LogP contribution in [0.2, 0.25) is 5.02 Å². The number of hydrogen-bond acceptors (Lipinski definition) is 1. The van der Waals surface area contributed by atoms with Crippen molar-refractivity contribution in [2.75, 3.05) is 0 Å². The average Bonchev–Trinajstić information content (AvgIpc) is 2.46. The van der Waals surface area contributed by atoms with Gasteiger partial charge in [-0.25, -0.2) is 4.79 Å². The molecule has 98 valence electrons. The fraction of sp³-hybridized carbons (Fsp3) is 0. The third kappa shape index (κ3) is 2.26. The molecule has 0 aromatic heterocycles. The summed E-state index contributed by atoms with van der Waals surface area (Å²) in [5.74, 6) is -0.926. The topological polar surface area (TPSA) is 37.3 Å². The van der Waals surface area contributed by atoms with Crippen LogP contribution in [0.4, 0.5) is 0 Å². The molecule has 2 nitrogen and oxygen atoms in total. The van der Waals surface area contributed by atoms with Gasteiger partial charge in [0.1, 0.15) is 0 Å². The van der Waals surface area contributed by atoms with Crippen molar-refractivity contribution in [3.05, 3.63) is 71.2 Å². The van der Waals surface area contributed by atoms with E-state index in [2.05, 4.69) is 0 Å². The summed E-state index contributed by atoms with van der Waals surface area (Å²) in [4.78, 5) is 11.4. The maximum absolute atomic E-state index is 11.4. The first-order valence-electron chi connectivity index (χ1n) is 6.17. The summed E-state index contributed by atoms with van der Waals surface area (Å²) >= 11 is 6.00. The predicted octanol–water partition coefficient (Wildman–Crippen LogP) is 4.86. The van der Waals surface area contributed by atoms with Crippen molar-refractivity contribution in [3.8, 4) is 11.1 Å². The van der Waals surface area contributed by atoms with E-state index in [-0.39, 0.29) is 0 Å². The van der Waals surface area contributed by atoms with E-state index < -0.39 is 5.97 Å². The Bertz CT molecular complexity index is 809. The number of halogens is 1. The van der Waals surface area contributed by atoms with E-state index in [9.17, 15) is 9.90 Å². The number of hydrogen-bond donors (Lipinski definition) is 1. The Morgan fingerprint density at radius 3 is 2.45 bits per heavy atom. The van der Waals surface area contributed by atoms with Crippen molar-refractivity contribution in [1.82, 2.24) is 0 Å². The van der Waals surface area contributed by atoms with Gasteiger partial charge in [-0.2, -0.15) is 0 Å². The van der Waals surface area contributed by atoms with Crippen LogP contribution in [0.3, 0.4) is 0 Å². The zero-order chi connectivity index (χ0) is 14.1. The SMILES string of the molecule is O=C(O)c1cc(-c2cccc(Cl)c2)cc2ccccc12. The van der Waals surface area contributed by atoms with E-state index in [1.165, 1.54) is 0 Å². The van der Waals surface area contributed by atoms with Gasteiger partial charge in [-0.05, 0) is 46.2 Å². The van der Waals surface area contributed by atoms with Crippen LogP contribution in [-0.4, -0.2) is 11.1 Å². The van der Waals surface area contributed by atoms with Gasteiger partial charge in [0, 0.05) is 5.02 Å². The molecule has 0 unspecified atom stereocenters. The summed E-state index contributed by atoms with van der Waals surface area (Å²) in [6.45, 7) is 0.